The van der Waals surface area contributed by atoms with Crippen molar-refractivity contribution >= 4 is 17.4 Å². The molecular formula is C27H31FN2O4. The zero-order chi connectivity index (χ0) is 23.3. The van der Waals surface area contributed by atoms with Gasteiger partial charge in [-0.05, 0) is 48.6 Å². The molecule has 1 amide bonds. The highest BCUT2D eigenvalue weighted by atomic mass is 19.1. The normalized spacial score (nSPS) is 19.9. The maximum atomic E-state index is 15.1. The van der Waals surface area contributed by atoms with Gasteiger partial charge in [-0.3, -0.25) is 0 Å². The first kappa shape index (κ1) is 22.9. The van der Waals surface area contributed by atoms with Crippen LogP contribution in [0, 0.1) is 11.7 Å². The number of anilines is 1. The lowest BCUT2D eigenvalue weighted by atomic mass is 9.95. The zero-order valence-corrected chi connectivity index (χ0v) is 19.3. The lowest BCUT2D eigenvalue weighted by molar-refractivity contribution is -0.0889. The molecule has 0 spiro atoms. The fourth-order valence-electron chi connectivity index (χ4n) is 4.93. The summed E-state index contributed by atoms with van der Waals surface area (Å²) in [6.07, 6.45) is 4.08. The van der Waals surface area contributed by atoms with Gasteiger partial charge in [-0.2, -0.15) is 0 Å². The van der Waals surface area contributed by atoms with E-state index in [9.17, 15) is 4.79 Å². The van der Waals surface area contributed by atoms with Gasteiger partial charge in [0, 0.05) is 43.3 Å². The first-order chi connectivity index (χ1) is 16.7. The fourth-order valence-corrected chi connectivity index (χ4v) is 4.93. The van der Waals surface area contributed by atoms with Crippen LogP contribution in [0.5, 0.6) is 0 Å². The smallest absolute Gasteiger partial charge is 0.410 e. The topological polar surface area (TPSA) is 51.2 Å². The third kappa shape index (κ3) is 5.26. The maximum absolute atomic E-state index is 15.1. The Kier molecular flexibility index (Phi) is 7.11. The van der Waals surface area contributed by atoms with Crippen LogP contribution in [0.3, 0.4) is 0 Å². The number of rotatable bonds is 5. The van der Waals surface area contributed by atoms with Gasteiger partial charge in [-0.1, -0.05) is 36.4 Å². The lowest BCUT2D eigenvalue weighted by Crippen LogP contribution is -2.38. The van der Waals surface area contributed by atoms with Gasteiger partial charge in [0.1, 0.15) is 12.4 Å². The van der Waals surface area contributed by atoms with Crippen LogP contribution < -0.4 is 4.90 Å². The molecule has 3 aliphatic heterocycles. The van der Waals surface area contributed by atoms with Crippen LogP contribution in [0.1, 0.15) is 30.4 Å². The summed E-state index contributed by atoms with van der Waals surface area (Å²) in [5, 5.41) is 0. The number of amides is 1. The second kappa shape index (κ2) is 10.6. The summed E-state index contributed by atoms with van der Waals surface area (Å²) in [6.45, 7) is 4.29. The summed E-state index contributed by atoms with van der Waals surface area (Å²) in [5.41, 5.74) is 3.42. The fraction of sp³-hybridized carbons (Fsp3) is 0.444. The maximum Gasteiger partial charge on any atom is 0.410 e. The number of hydrogen-bond donors (Lipinski definition) is 0. The Morgan fingerprint density at radius 2 is 1.79 bits per heavy atom. The third-order valence-corrected chi connectivity index (χ3v) is 6.91. The Labute approximate surface area is 199 Å². The molecule has 2 saturated heterocycles. The number of halogens is 1. The van der Waals surface area contributed by atoms with Crippen molar-refractivity contribution in [2.45, 2.75) is 32.2 Å². The Morgan fingerprint density at radius 3 is 2.47 bits per heavy atom. The van der Waals surface area contributed by atoms with Crippen molar-refractivity contribution in [2.75, 3.05) is 44.3 Å². The van der Waals surface area contributed by atoms with Gasteiger partial charge in [-0.15, -0.1) is 0 Å². The summed E-state index contributed by atoms with van der Waals surface area (Å²) in [7, 11) is 0. The highest BCUT2D eigenvalue weighted by molar-refractivity contribution is 5.73. The molecule has 34 heavy (non-hydrogen) atoms. The number of nitrogens with zero attached hydrogens (tertiary/aromatic N) is 2. The van der Waals surface area contributed by atoms with E-state index < -0.39 is 0 Å². The molecule has 0 radical (unpaired) electrons. The molecule has 3 aliphatic rings. The summed E-state index contributed by atoms with van der Waals surface area (Å²) in [6, 6.07) is 15.1. The van der Waals surface area contributed by atoms with Crippen LogP contribution in [0.2, 0.25) is 0 Å². The second-order valence-corrected chi connectivity index (χ2v) is 9.06. The summed E-state index contributed by atoms with van der Waals surface area (Å²) in [5.74, 6) is 0.200. The van der Waals surface area contributed by atoms with Gasteiger partial charge in [0.15, 0.2) is 6.29 Å². The molecule has 0 aromatic heterocycles. The molecule has 3 heterocycles. The van der Waals surface area contributed by atoms with Crippen molar-refractivity contribution in [2.24, 2.45) is 5.92 Å². The van der Waals surface area contributed by atoms with E-state index in [-0.39, 0.29) is 24.8 Å². The average molecular weight is 467 g/mol. The second-order valence-electron chi connectivity index (χ2n) is 9.06. The molecule has 0 N–H and O–H groups in total. The van der Waals surface area contributed by atoms with Crippen molar-refractivity contribution in [1.82, 2.24) is 4.90 Å². The minimum absolute atomic E-state index is 0.0744. The van der Waals surface area contributed by atoms with Crippen molar-refractivity contribution in [3.8, 4) is 0 Å². The van der Waals surface area contributed by atoms with Crippen molar-refractivity contribution < 1.29 is 23.4 Å². The van der Waals surface area contributed by atoms with Crippen molar-refractivity contribution in [1.29, 1.82) is 0 Å². The van der Waals surface area contributed by atoms with Crippen LogP contribution in [0.4, 0.5) is 14.9 Å². The number of hydrogen-bond acceptors (Lipinski definition) is 5. The van der Waals surface area contributed by atoms with Crippen molar-refractivity contribution in [3.63, 3.8) is 0 Å². The van der Waals surface area contributed by atoms with E-state index >= 15 is 4.39 Å². The highest BCUT2D eigenvalue weighted by Crippen LogP contribution is 2.32. The Hall–Kier alpha value is -2.90. The standard InChI is InChI=1S/C27H31FN2O4/c28-25-18-23(29-12-10-22(11-13-29)26-32-16-17-33-26)6-7-24(25)21-8-14-30(15-9-21)27(31)34-19-20-4-2-1-3-5-20/h1-8,18,22,26H,9-17,19H2. The molecule has 6 nitrogen and oxygen atoms in total. The zero-order valence-electron chi connectivity index (χ0n) is 19.3. The molecule has 180 valence electrons. The molecular weight excluding hydrogens is 435 g/mol. The highest BCUT2D eigenvalue weighted by Gasteiger charge is 2.30. The summed E-state index contributed by atoms with van der Waals surface area (Å²) in [4.78, 5) is 16.3. The third-order valence-electron chi connectivity index (χ3n) is 6.91. The molecule has 0 atom stereocenters. The Bertz CT molecular complexity index is 1010. The largest absolute Gasteiger partial charge is 0.445 e. The van der Waals surface area contributed by atoms with E-state index in [4.69, 9.17) is 14.2 Å². The number of carbonyl (C=O) groups excluding carboxylic acids is 1. The van der Waals surface area contributed by atoms with E-state index in [0.717, 1.165) is 42.8 Å². The average Bonchev–Trinajstić information content (AvgIpc) is 3.43. The molecule has 7 heteroatoms. The number of piperidine rings is 1. The van der Waals surface area contributed by atoms with Gasteiger partial charge in [-0.25, -0.2) is 9.18 Å². The van der Waals surface area contributed by atoms with E-state index in [1.807, 2.05) is 48.5 Å². The molecule has 2 fully saturated rings. The van der Waals surface area contributed by atoms with Gasteiger partial charge in [0.25, 0.3) is 0 Å². The van der Waals surface area contributed by atoms with E-state index in [1.165, 1.54) is 0 Å². The quantitative estimate of drug-likeness (QED) is 0.631. The minimum atomic E-state index is -0.341. The van der Waals surface area contributed by atoms with E-state index in [0.29, 0.717) is 44.2 Å². The summed E-state index contributed by atoms with van der Waals surface area (Å²) >= 11 is 0. The van der Waals surface area contributed by atoms with Crippen LogP contribution in [-0.2, 0) is 20.8 Å². The Morgan fingerprint density at radius 1 is 1.03 bits per heavy atom. The lowest BCUT2D eigenvalue weighted by Gasteiger charge is -2.35. The molecule has 2 aromatic carbocycles. The Balaban J connectivity index is 1.15. The first-order valence-electron chi connectivity index (χ1n) is 12.1. The molecule has 2 aromatic rings. The SMILES string of the molecule is O=C(OCc1ccccc1)N1CC=C(c2ccc(N3CCC(C4OCCO4)CC3)cc2F)CC1. The van der Waals surface area contributed by atoms with Crippen LogP contribution in [0.15, 0.2) is 54.6 Å². The molecule has 0 saturated carbocycles. The predicted octanol–water partition coefficient (Wildman–Crippen LogP) is 4.84. The van der Waals surface area contributed by atoms with Gasteiger partial charge < -0.3 is 24.0 Å². The number of ether oxygens (including phenoxy) is 3. The van der Waals surface area contributed by atoms with E-state index in [1.54, 1.807) is 11.0 Å². The van der Waals surface area contributed by atoms with Crippen LogP contribution in [-0.4, -0.2) is 56.7 Å². The molecule has 0 aliphatic carbocycles. The van der Waals surface area contributed by atoms with Gasteiger partial charge in [0.05, 0.1) is 13.2 Å². The van der Waals surface area contributed by atoms with E-state index in [2.05, 4.69) is 4.90 Å². The molecule has 5 rings (SSSR count). The number of benzene rings is 2. The molecule has 0 unspecified atom stereocenters. The van der Waals surface area contributed by atoms with Crippen molar-refractivity contribution in [3.05, 3.63) is 71.6 Å². The van der Waals surface area contributed by atoms with Crippen LogP contribution in [0.25, 0.3) is 5.57 Å². The number of carbonyl (C=O) groups is 1. The van der Waals surface area contributed by atoms with Gasteiger partial charge >= 0.3 is 6.09 Å². The monoisotopic (exact) mass is 466 g/mol. The molecule has 0 bridgehead atoms. The van der Waals surface area contributed by atoms with Gasteiger partial charge in [0.2, 0.25) is 0 Å². The predicted molar refractivity (Wildman–Crippen MR) is 128 cm³/mol. The minimum Gasteiger partial charge on any atom is -0.445 e. The van der Waals surface area contributed by atoms with Crippen LogP contribution >= 0.6 is 0 Å². The first-order valence-corrected chi connectivity index (χ1v) is 12.1. The summed E-state index contributed by atoms with van der Waals surface area (Å²) < 4.78 is 31.8.